The third kappa shape index (κ3) is 4.09. The Kier molecular flexibility index (Phi) is 4.63. The third-order valence-corrected chi connectivity index (χ3v) is 4.26. The van der Waals surface area contributed by atoms with Gasteiger partial charge in [-0.3, -0.25) is 4.90 Å². The second kappa shape index (κ2) is 6.68. The monoisotopic (exact) mass is 319 g/mol. The number of imidazole rings is 1. The Labute approximate surface area is 135 Å². The molecule has 0 bridgehead atoms. The van der Waals surface area contributed by atoms with E-state index in [4.69, 9.17) is 4.74 Å². The second-order valence-corrected chi connectivity index (χ2v) is 6.28. The Hall–Kier alpha value is -1.92. The van der Waals surface area contributed by atoms with Crippen LogP contribution < -0.4 is 4.74 Å². The smallest absolute Gasteiger partial charge is 0.123 e. The summed E-state index contributed by atoms with van der Waals surface area (Å²) in [6, 6.07) is 5.87. The first-order chi connectivity index (χ1) is 11.0. The summed E-state index contributed by atoms with van der Waals surface area (Å²) in [5.41, 5.74) is 0.235. The standard InChI is InChI=1S/C17H22FN3O2/c1-20-13-19-9-15(20)10-21-8-2-7-17(22,11-21)12-23-16-5-3-14(18)4-6-16/h3-6,9,13,22H,2,7-8,10-12H2,1H3/t17-/m0/s1. The van der Waals surface area contributed by atoms with Crippen molar-refractivity contribution >= 4 is 0 Å². The zero-order valence-electron chi connectivity index (χ0n) is 13.3. The predicted octanol–water partition coefficient (Wildman–Crippen LogP) is 1.97. The molecule has 1 saturated heterocycles. The van der Waals surface area contributed by atoms with E-state index in [1.54, 1.807) is 18.5 Å². The van der Waals surface area contributed by atoms with Gasteiger partial charge in [-0.2, -0.15) is 0 Å². The number of aryl methyl sites for hydroxylation is 1. The number of aromatic nitrogens is 2. The van der Waals surface area contributed by atoms with Gasteiger partial charge in [0.2, 0.25) is 0 Å². The van der Waals surface area contributed by atoms with Crippen LogP contribution in [0, 0.1) is 5.82 Å². The molecule has 124 valence electrons. The number of nitrogens with zero attached hydrogens (tertiary/aromatic N) is 3. The lowest BCUT2D eigenvalue weighted by molar-refractivity contribution is -0.0624. The number of piperidine rings is 1. The van der Waals surface area contributed by atoms with Crippen LogP contribution in [0.25, 0.3) is 0 Å². The van der Waals surface area contributed by atoms with Gasteiger partial charge in [0.1, 0.15) is 23.8 Å². The Bertz CT molecular complexity index is 644. The second-order valence-electron chi connectivity index (χ2n) is 6.28. The van der Waals surface area contributed by atoms with E-state index in [-0.39, 0.29) is 12.4 Å². The molecule has 1 atom stereocenters. The van der Waals surface area contributed by atoms with Crippen LogP contribution in [0.5, 0.6) is 5.75 Å². The highest BCUT2D eigenvalue weighted by Gasteiger charge is 2.34. The first-order valence-corrected chi connectivity index (χ1v) is 7.82. The van der Waals surface area contributed by atoms with Crippen LogP contribution in [-0.4, -0.2) is 44.9 Å². The van der Waals surface area contributed by atoms with Gasteiger partial charge >= 0.3 is 0 Å². The summed E-state index contributed by atoms with van der Waals surface area (Å²) >= 11 is 0. The van der Waals surface area contributed by atoms with Crippen LogP contribution in [-0.2, 0) is 13.6 Å². The highest BCUT2D eigenvalue weighted by Crippen LogP contribution is 2.24. The molecule has 0 amide bonds. The molecule has 1 aromatic carbocycles. The number of hydrogen-bond acceptors (Lipinski definition) is 4. The molecule has 3 rings (SSSR count). The summed E-state index contributed by atoms with van der Waals surface area (Å²) in [5, 5.41) is 10.8. The first-order valence-electron chi connectivity index (χ1n) is 7.82. The van der Waals surface area contributed by atoms with Crippen molar-refractivity contribution in [1.29, 1.82) is 0 Å². The topological polar surface area (TPSA) is 50.5 Å². The highest BCUT2D eigenvalue weighted by atomic mass is 19.1. The van der Waals surface area contributed by atoms with Crippen molar-refractivity contribution in [3.63, 3.8) is 0 Å². The van der Waals surface area contributed by atoms with E-state index in [1.807, 2.05) is 17.8 Å². The molecule has 1 fully saturated rings. The van der Waals surface area contributed by atoms with E-state index in [1.165, 1.54) is 12.1 Å². The largest absolute Gasteiger partial charge is 0.491 e. The van der Waals surface area contributed by atoms with Crippen LogP contribution in [0.3, 0.4) is 0 Å². The fourth-order valence-corrected chi connectivity index (χ4v) is 2.97. The summed E-state index contributed by atoms with van der Waals surface area (Å²) in [7, 11) is 1.97. The summed E-state index contributed by atoms with van der Waals surface area (Å²) in [6.07, 6.45) is 5.25. The SMILES string of the molecule is Cn1cncc1CN1CCC[C@@](O)(COc2ccc(F)cc2)C1. The molecule has 5 nitrogen and oxygen atoms in total. The van der Waals surface area contributed by atoms with Crippen molar-refractivity contribution in [2.45, 2.75) is 25.0 Å². The van der Waals surface area contributed by atoms with E-state index in [0.29, 0.717) is 18.7 Å². The van der Waals surface area contributed by atoms with Crippen molar-refractivity contribution < 1.29 is 14.2 Å². The van der Waals surface area contributed by atoms with E-state index in [2.05, 4.69) is 9.88 Å². The first kappa shape index (κ1) is 16.0. The molecule has 0 unspecified atom stereocenters. The van der Waals surface area contributed by atoms with E-state index < -0.39 is 5.60 Å². The lowest BCUT2D eigenvalue weighted by Crippen LogP contribution is -2.51. The molecule has 6 heteroatoms. The summed E-state index contributed by atoms with van der Waals surface area (Å²) in [6.45, 7) is 2.47. The number of rotatable bonds is 5. The number of benzene rings is 1. The molecule has 0 saturated carbocycles. The van der Waals surface area contributed by atoms with Crippen LogP contribution >= 0.6 is 0 Å². The van der Waals surface area contributed by atoms with Crippen LogP contribution in [0.15, 0.2) is 36.8 Å². The molecule has 1 aromatic heterocycles. The van der Waals surface area contributed by atoms with Crippen molar-refractivity contribution in [2.24, 2.45) is 7.05 Å². The van der Waals surface area contributed by atoms with Crippen molar-refractivity contribution in [2.75, 3.05) is 19.7 Å². The molecule has 23 heavy (non-hydrogen) atoms. The molecular formula is C17H22FN3O2. The predicted molar refractivity (Wildman–Crippen MR) is 84.6 cm³/mol. The van der Waals surface area contributed by atoms with Crippen LogP contribution in [0.2, 0.25) is 0 Å². The van der Waals surface area contributed by atoms with Gasteiger partial charge in [0.15, 0.2) is 0 Å². The summed E-state index contributed by atoms with van der Waals surface area (Å²) in [4.78, 5) is 6.34. The minimum absolute atomic E-state index is 0.209. The number of β-amino-alcohol motifs (C(OH)–C–C–N with tert-alkyl or cyclic N) is 1. The summed E-state index contributed by atoms with van der Waals surface area (Å²) < 4.78 is 20.5. The molecule has 2 heterocycles. The average Bonchev–Trinajstić information content (AvgIpc) is 2.92. The lowest BCUT2D eigenvalue weighted by Gasteiger charge is -2.38. The Balaban J connectivity index is 1.57. The maximum atomic E-state index is 12.9. The van der Waals surface area contributed by atoms with Gasteiger partial charge in [-0.25, -0.2) is 9.37 Å². The molecule has 0 aliphatic carbocycles. The Morgan fingerprint density at radius 2 is 2.13 bits per heavy atom. The van der Waals surface area contributed by atoms with E-state index in [9.17, 15) is 9.50 Å². The van der Waals surface area contributed by atoms with Gasteiger partial charge in [0.25, 0.3) is 0 Å². The van der Waals surface area contributed by atoms with E-state index >= 15 is 0 Å². The van der Waals surface area contributed by atoms with Crippen LogP contribution in [0.1, 0.15) is 18.5 Å². The van der Waals surface area contributed by atoms with Crippen molar-refractivity contribution in [1.82, 2.24) is 14.5 Å². The molecule has 1 aliphatic heterocycles. The summed E-state index contributed by atoms with van der Waals surface area (Å²) in [5.74, 6) is 0.277. The van der Waals surface area contributed by atoms with Crippen LogP contribution in [0.4, 0.5) is 4.39 Å². The zero-order chi connectivity index (χ0) is 16.3. The molecule has 0 spiro atoms. The highest BCUT2D eigenvalue weighted by molar-refractivity contribution is 5.22. The molecular weight excluding hydrogens is 297 g/mol. The lowest BCUT2D eigenvalue weighted by atomic mass is 9.93. The fourth-order valence-electron chi connectivity index (χ4n) is 2.97. The van der Waals surface area contributed by atoms with E-state index in [0.717, 1.165) is 25.2 Å². The fraction of sp³-hybridized carbons (Fsp3) is 0.471. The Morgan fingerprint density at radius 3 is 2.83 bits per heavy atom. The van der Waals surface area contributed by atoms with Gasteiger partial charge in [-0.05, 0) is 43.7 Å². The number of aliphatic hydroxyl groups is 1. The number of halogens is 1. The zero-order valence-corrected chi connectivity index (χ0v) is 13.3. The molecule has 1 aliphatic rings. The maximum absolute atomic E-state index is 12.9. The van der Waals surface area contributed by atoms with Crippen molar-refractivity contribution in [3.8, 4) is 5.75 Å². The van der Waals surface area contributed by atoms with Gasteiger partial charge in [-0.15, -0.1) is 0 Å². The van der Waals surface area contributed by atoms with Gasteiger partial charge in [0.05, 0.1) is 12.0 Å². The van der Waals surface area contributed by atoms with Crippen molar-refractivity contribution in [3.05, 3.63) is 48.3 Å². The molecule has 2 aromatic rings. The number of hydrogen-bond donors (Lipinski definition) is 1. The number of ether oxygens (including phenoxy) is 1. The molecule has 0 radical (unpaired) electrons. The van der Waals surface area contributed by atoms with Gasteiger partial charge in [0, 0.05) is 26.3 Å². The third-order valence-electron chi connectivity index (χ3n) is 4.26. The molecule has 1 N–H and O–H groups in total. The Morgan fingerprint density at radius 1 is 1.35 bits per heavy atom. The normalized spacial score (nSPS) is 22.2. The maximum Gasteiger partial charge on any atom is 0.123 e. The van der Waals surface area contributed by atoms with Gasteiger partial charge in [-0.1, -0.05) is 0 Å². The quantitative estimate of drug-likeness (QED) is 0.915. The number of likely N-dealkylation sites (tertiary alicyclic amines) is 1. The average molecular weight is 319 g/mol. The van der Waals surface area contributed by atoms with Gasteiger partial charge < -0.3 is 14.4 Å². The minimum Gasteiger partial charge on any atom is -0.491 e. The minimum atomic E-state index is -0.884.